The van der Waals surface area contributed by atoms with E-state index in [0.717, 1.165) is 18.7 Å². The number of hydrogen-bond donors (Lipinski definition) is 1. The molecule has 2 aromatic carbocycles. The average molecular weight is 367 g/mol. The van der Waals surface area contributed by atoms with Crippen LogP contribution in [0.1, 0.15) is 26.3 Å². The summed E-state index contributed by atoms with van der Waals surface area (Å²) in [7, 11) is 3.59. The number of hydrogen-bond acceptors (Lipinski definition) is 4. The van der Waals surface area contributed by atoms with Crippen molar-refractivity contribution < 1.29 is 14.3 Å². The molecule has 142 valence electrons. The van der Waals surface area contributed by atoms with Crippen molar-refractivity contribution in [3.63, 3.8) is 0 Å². The van der Waals surface area contributed by atoms with E-state index in [-0.39, 0.29) is 11.8 Å². The monoisotopic (exact) mass is 367 g/mol. The molecule has 0 bridgehead atoms. The van der Waals surface area contributed by atoms with Gasteiger partial charge in [0.05, 0.1) is 12.8 Å². The van der Waals surface area contributed by atoms with Gasteiger partial charge in [0.1, 0.15) is 5.75 Å². The molecule has 1 N–H and O–H groups in total. The Morgan fingerprint density at radius 1 is 1.04 bits per heavy atom. The van der Waals surface area contributed by atoms with Crippen molar-refractivity contribution in [2.45, 2.75) is 6.92 Å². The maximum atomic E-state index is 12.8. The summed E-state index contributed by atoms with van der Waals surface area (Å²) in [6.07, 6.45) is 0. The van der Waals surface area contributed by atoms with Gasteiger partial charge in [0.2, 0.25) is 0 Å². The van der Waals surface area contributed by atoms with Crippen LogP contribution in [0.15, 0.2) is 42.5 Å². The number of carbonyl (C=O) groups is 2. The maximum Gasteiger partial charge on any atom is 0.256 e. The van der Waals surface area contributed by atoms with Gasteiger partial charge in [-0.2, -0.15) is 0 Å². The maximum absolute atomic E-state index is 12.8. The fourth-order valence-corrected chi connectivity index (χ4v) is 3.15. The molecule has 1 heterocycles. The van der Waals surface area contributed by atoms with Crippen LogP contribution in [0.3, 0.4) is 0 Å². The highest BCUT2D eigenvalue weighted by Gasteiger charge is 2.22. The van der Waals surface area contributed by atoms with Crippen LogP contribution in [0.5, 0.6) is 5.75 Å². The standard InChI is InChI=1S/C21H25N3O3/c1-15-6-4-5-7-17(15)20(25)22-18-14-16(8-9-19(18)27-3)21(26)24-12-10-23(2)11-13-24/h4-9,14H,10-13H2,1-3H3,(H,22,25). The number of aryl methyl sites for hydroxylation is 1. The molecule has 27 heavy (non-hydrogen) atoms. The minimum Gasteiger partial charge on any atom is -0.495 e. The van der Waals surface area contributed by atoms with Crippen LogP contribution >= 0.6 is 0 Å². The second-order valence-corrected chi connectivity index (χ2v) is 6.78. The van der Waals surface area contributed by atoms with E-state index >= 15 is 0 Å². The number of methoxy groups -OCH3 is 1. The Morgan fingerprint density at radius 2 is 1.74 bits per heavy atom. The summed E-state index contributed by atoms with van der Waals surface area (Å²) in [5.74, 6) is 0.264. The lowest BCUT2D eigenvalue weighted by Gasteiger charge is -2.32. The van der Waals surface area contributed by atoms with Crippen molar-refractivity contribution >= 4 is 17.5 Å². The number of likely N-dealkylation sites (N-methyl/N-ethyl adjacent to an activating group) is 1. The fraction of sp³-hybridized carbons (Fsp3) is 0.333. The van der Waals surface area contributed by atoms with Crippen molar-refractivity contribution in [2.24, 2.45) is 0 Å². The van der Waals surface area contributed by atoms with Gasteiger partial charge in [-0.25, -0.2) is 0 Å². The van der Waals surface area contributed by atoms with E-state index in [1.807, 2.05) is 30.0 Å². The number of ether oxygens (including phenoxy) is 1. The molecule has 0 saturated carbocycles. The minimum absolute atomic E-state index is 0.0304. The van der Waals surface area contributed by atoms with Crippen LogP contribution in [-0.2, 0) is 0 Å². The van der Waals surface area contributed by atoms with Crippen LogP contribution in [0.25, 0.3) is 0 Å². The SMILES string of the molecule is COc1ccc(C(=O)N2CCN(C)CC2)cc1NC(=O)c1ccccc1C. The van der Waals surface area contributed by atoms with E-state index in [0.29, 0.717) is 35.7 Å². The molecular weight excluding hydrogens is 342 g/mol. The van der Waals surface area contributed by atoms with E-state index in [9.17, 15) is 9.59 Å². The number of rotatable bonds is 4. The van der Waals surface area contributed by atoms with E-state index in [1.54, 1.807) is 31.4 Å². The molecule has 3 rings (SSSR count). The van der Waals surface area contributed by atoms with Crippen molar-refractivity contribution in [3.8, 4) is 5.75 Å². The molecule has 0 unspecified atom stereocenters. The van der Waals surface area contributed by atoms with Crippen molar-refractivity contribution in [1.29, 1.82) is 0 Å². The zero-order valence-corrected chi connectivity index (χ0v) is 16.0. The van der Waals surface area contributed by atoms with Crippen LogP contribution in [0.4, 0.5) is 5.69 Å². The molecule has 1 saturated heterocycles. The molecule has 1 aliphatic heterocycles. The molecule has 6 heteroatoms. The first-order valence-electron chi connectivity index (χ1n) is 9.02. The third kappa shape index (κ3) is 4.28. The van der Waals surface area contributed by atoms with Crippen LogP contribution < -0.4 is 10.1 Å². The van der Waals surface area contributed by atoms with Crippen molar-refractivity contribution in [2.75, 3.05) is 45.7 Å². The van der Waals surface area contributed by atoms with Gasteiger partial charge in [-0.3, -0.25) is 9.59 Å². The summed E-state index contributed by atoms with van der Waals surface area (Å²) < 4.78 is 5.36. The molecule has 2 amide bonds. The third-order valence-corrected chi connectivity index (χ3v) is 4.87. The number of benzene rings is 2. The summed E-state index contributed by atoms with van der Waals surface area (Å²) >= 11 is 0. The quantitative estimate of drug-likeness (QED) is 0.902. The molecule has 0 atom stereocenters. The number of nitrogens with one attached hydrogen (secondary N) is 1. The Labute approximate surface area is 159 Å². The van der Waals surface area contributed by atoms with Crippen molar-refractivity contribution in [3.05, 3.63) is 59.2 Å². The van der Waals surface area contributed by atoms with E-state index < -0.39 is 0 Å². The van der Waals surface area contributed by atoms with Gasteiger partial charge < -0.3 is 19.9 Å². The predicted molar refractivity (Wildman–Crippen MR) is 106 cm³/mol. The molecule has 0 aliphatic carbocycles. The largest absolute Gasteiger partial charge is 0.495 e. The van der Waals surface area contributed by atoms with Crippen LogP contribution in [-0.4, -0.2) is 62.0 Å². The van der Waals surface area contributed by atoms with E-state index in [1.165, 1.54) is 0 Å². The molecular formula is C21H25N3O3. The van der Waals surface area contributed by atoms with E-state index in [2.05, 4.69) is 17.3 Å². The molecule has 0 spiro atoms. The number of piperazine rings is 1. The lowest BCUT2D eigenvalue weighted by molar-refractivity contribution is 0.0664. The summed E-state index contributed by atoms with van der Waals surface area (Å²) in [5.41, 5.74) is 2.51. The Bertz CT molecular complexity index is 842. The van der Waals surface area contributed by atoms with Gasteiger partial charge in [0.25, 0.3) is 11.8 Å². The zero-order chi connectivity index (χ0) is 19.4. The van der Waals surface area contributed by atoms with Crippen LogP contribution in [0, 0.1) is 6.92 Å². The number of carbonyl (C=O) groups excluding carboxylic acids is 2. The topological polar surface area (TPSA) is 61.9 Å². The highest BCUT2D eigenvalue weighted by molar-refractivity contribution is 6.06. The molecule has 2 aromatic rings. The van der Waals surface area contributed by atoms with Crippen LogP contribution in [0.2, 0.25) is 0 Å². The summed E-state index contributed by atoms with van der Waals surface area (Å²) in [5, 5.41) is 2.88. The fourth-order valence-electron chi connectivity index (χ4n) is 3.15. The predicted octanol–water partition coefficient (Wildman–Crippen LogP) is 2.64. The highest BCUT2D eigenvalue weighted by atomic mass is 16.5. The van der Waals surface area contributed by atoms with E-state index in [4.69, 9.17) is 4.74 Å². The molecule has 0 radical (unpaired) electrons. The first kappa shape index (κ1) is 18.9. The first-order valence-corrected chi connectivity index (χ1v) is 9.02. The average Bonchev–Trinajstić information content (AvgIpc) is 2.68. The molecule has 0 aromatic heterocycles. The summed E-state index contributed by atoms with van der Waals surface area (Å²) in [4.78, 5) is 29.5. The molecule has 1 aliphatic rings. The smallest absolute Gasteiger partial charge is 0.256 e. The van der Waals surface area contributed by atoms with Gasteiger partial charge in [-0.05, 0) is 43.8 Å². The number of nitrogens with zero attached hydrogens (tertiary/aromatic N) is 2. The number of amides is 2. The second kappa shape index (κ2) is 8.22. The summed E-state index contributed by atoms with van der Waals surface area (Å²) in [6, 6.07) is 12.5. The van der Waals surface area contributed by atoms with Gasteiger partial charge in [-0.15, -0.1) is 0 Å². The minimum atomic E-state index is -0.226. The Kier molecular flexibility index (Phi) is 5.76. The Hall–Kier alpha value is -2.86. The Morgan fingerprint density at radius 3 is 2.41 bits per heavy atom. The Balaban J connectivity index is 1.82. The van der Waals surface area contributed by atoms with Gasteiger partial charge in [-0.1, -0.05) is 18.2 Å². The first-order chi connectivity index (χ1) is 13.0. The lowest BCUT2D eigenvalue weighted by Crippen LogP contribution is -2.47. The normalized spacial score (nSPS) is 14.7. The second-order valence-electron chi connectivity index (χ2n) is 6.78. The van der Waals surface area contributed by atoms with Gasteiger partial charge in [0, 0.05) is 37.3 Å². The third-order valence-electron chi connectivity index (χ3n) is 4.87. The highest BCUT2D eigenvalue weighted by Crippen LogP contribution is 2.27. The summed E-state index contributed by atoms with van der Waals surface area (Å²) in [6.45, 7) is 5.01. The molecule has 6 nitrogen and oxygen atoms in total. The van der Waals surface area contributed by atoms with Crippen molar-refractivity contribution in [1.82, 2.24) is 9.80 Å². The van der Waals surface area contributed by atoms with Gasteiger partial charge >= 0.3 is 0 Å². The lowest BCUT2D eigenvalue weighted by atomic mass is 10.1. The molecule has 1 fully saturated rings. The zero-order valence-electron chi connectivity index (χ0n) is 16.0. The number of anilines is 1. The van der Waals surface area contributed by atoms with Gasteiger partial charge in [0.15, 0.2) is 0 Å².